The first-order valence-corrected chi connectivity index (χ1v) is 10.2. The maximum atomic E-state index is 11.5. The number of hydrogen-bond acceptors (Lipinski definition) is 4. The zero-order chi connectivity index (χ0) is 21.7. The van der Waals surface area contributed by atoms with Crippen LogP contribution < -0.4 is 11.1 Å². The number of carboxylic acids is 1. The number of carbonyl (C=O) groups is 1. The Balaban J connectivity index is 0.00000256. The number of nitrogens with two attached hydrogens (primary N) is 1. The lowest BCUT2D eigenvalue weighted by atomic mass is 9.93. The lowest BCUT2D eigenvalue weighted by molar-refractivity contribution is 0.0696. The Hall–Kier alpha value is -2.61. The molecule has 1 heterocycles. The van der Waals surface area contributed by atoms with Crippen LogP contribution in [0.1, 0.15) is 52.9 Å². The van der Waals surface area contributed by atoms with Gasteiger partial charge in [0.15, 0.2) is 0 Å². The highest BCUT2D eigenvalue weighted by Crippen LogP contribution is 2.26. The maximum Gasteiger partial charge on any atom is 0.335 e. The molecule has 1 aliphatic heterocycles. The van der Waals surface area contributed by atoms with Gasteiger partial charge in [0.1, 0.15) is 5.84 Å². The SMILES string of the molecule is CC(=N)N1CCC(CNC(c2cccc(C(=N)N)c2)c2cccc(C(=O)O)c2)CC1.Cl.Cl. The van der Waals surface area contributed by atoms with Crippen molar-refractivity contribution in [3.05, 3.63) is 70.8 Å². The minimum atomic E-state index is -0.956. The standard InChI is InChI=1S/C23H29N5O2.2ClH/c1-15(24)28-10-8-16(9-11-28)14-27-21(17-4-2-6-19(12-17)22(25)26)18-5-3-7-20(13-18)23(29)30;;/h2-7,12-13,16,21,24,27H,8-11,14H2,1H3,(H3,25,26)(H,29,30);2*1H. The highest BCUT2D eigenvalue weighted by atomic mass is 35.5. The number of nitrogens with zero attached hydrogens (tertiary/aromatic N) is 1. The van der Waals surface area contributed by atoms with Crippen molar-refractivity contribution in [2.24, 2.45) is 11.7 Å². The second-order valence-electron chi connectivity index (χ2n) is 7.83. The Bertz CT molecular complexity index is 888. The smallest absolute Gasteiger partial charge is 0.335 e. The van der Waals surface area contributed by atoms with Gasteiger partial charge in [-0.15, -0.1) is 24.8 Å². The fraction of sp³-hybridized carbons (Fsp3) is 0.348. The molecule has 1 unspecified atom stereocenters. The first-order chi connectivity index (χ1) is 14.3. The van der Waals surface area contributed by atoms with E-state index in [1.54, 1.807) is 24.3 Å². The van der Waals surface area contributed by atoms with E-state index in [2.05, 4.69) is 10.2 Å². The molecule has 0 saturated carbocycles. The van der Waals surface area contributed by atoms with E-state index >= 15 is 0 Å². The largest absolute Gasteiger partial charge is 0.478 e. The Labute approximate surface area is 201 Å². The number of nitrogen functional groups attached to an aromatic ring is 1. The van der Waals surface area contributed by atoms with Crippen molar-refractivity contribution >= 4 is 42.5 Å². The number of nitrogens with one attached hydrogen (secondary N) is 3. The van der Waals surface area contributed by atoms with Crippen LogP contribution in [0.3, 0.4) is 0 Å². The van der Waals surface area contributed by atoms with E-state index in [1.165, 1.54) is 0 Å². The number of benzene rings is 2. The second-order valence-corrected chi connectivity index (χ2v) is 7.83. The third-order valence-corrected chi connectivity index (χ3v) is 5.70. The van der Waals surface area contributed by atoms with Crippen LogP contribution in [0.5, 0.6) is 0 Å². The highest BCUT2D eigenvalue weighted by molar-refractivity contribution is 5.95. The zero-order valence-corrected chi connectivity index (χ0v) is 19.6. The number of carboxylic acid groups (broad SMARTS) is 1. The molecule has 7 nitrogen and oxygen atoms in total. The van der Waals surface area contributed by atoms with Gasteiger partial charge >= 0.3 is 5.97 Å². The third kappa shape index (κ3) is 6.95. The summed E-state index contributed by atoms with van der Waals surface area (Å²) in [5.41, 5.74) is 8.37. The Morgan fingerprint density at radius 3 is 2.12 bits per heavy atom. The Morgan fingerprint density at radius 2 is 1.62 bits per heavy atom. The number of aromatic carboxylic acids is 1. The molecule has 1 fully saturated rings. The molecule has 1 aliphatic rings. The molecule has 0 bridgehead atoms. The maximum absolute atomic E-state index is 11.5. The fourth-order valence-corrected chi connectivity index (χ4v) is 3.92. The Kier molecular flexibility index (Phi) is 10.7. The quantitative estimate of drug-likeness (QED) is 0.304. The summed E-state index contributed by atoms with van der Waals surface area (Å²) in [6.45, 7) is 4.39. The molecular formula is C23H31Cl2N5O2. The molecule has 9 heteroatoms. The van der Waals surface area contributed by atoms with Crippen molar-refractivity contribution in [3.63, 3.8) is 0 Å². The number of rotatable bonds is 7. The van der Waals surface area contributed by atoms with Gasteiger partial charge in [-0.25, -0.2) is 4.79 Å². The van der Waals surface area contributed by atoms with Crippen LogP contribution in [-0.4, -0.2) is 47.3 Å². The first kappa shape index (κ1) is 27.4. The minimum absolute atomic E-state index is 0. The highest BCUT2D eigenvalue weighted by Gasteiger charge is 2.22. The molecule has 3 rings (SSSR count). The summed E-state index contributed by atoms with van der Waals surface area (Å²) in [6.07, 6.45) is 2.02. The monoisotopic (exact) mass is 479 g/mol. The van der Waals surface area contributed by atoms with Gasteiger partial charge in [0.25, 0.3) is 0 Å². The average Bonchev–Trinajstić information content (AvgIpc) is 2.74. The lowest BCUT2D eigenvalue weighted by Crippen LogP contribution is -2.40. The molecular weight excluding hydrogens is 449 g/mol. The fourth-order valence-electron chi connectivity index (χ4n) is 3.92. The Morgan fingerprint density at radius 1 is 1.09 bits per heavy atom. The predicted molar refractivity (Wildman–Crippen MR) is 133 cm³/mol. The molecule has 0 spiro atoms. The van der Waals surface area contributed by atoms with E-state index < -0.39 is 5.97 Å². The summed E-state index contributed by atoms with van der Waals surface area (Å²) in [7, 11) is 0. The first-order valence-electron chi connectivity index (χ1n) is 10.2. The van der Waals surface area contributed by atoms with E-state index in [0.29, 0.717) is 17.3 Å². The van der Waals surface area contributed by atoms with E-state index in [1.807, 2.05) is 31.2 Å². The molecule has 1 saturated heterocycles. The van der Waals surface area contributed by atoms with Gasteiger partial charge in [-0.1, -0.05) is 30.3 Å². The number of amidine groups is 2. The van der Waals surface area contributed by atoms with E-state index in [0.717, 1.165) is 43.6 Å². The molecule has 0 aliphatic carbocycles. The lowest BCUT2D eigenvalue weighted by Gasteiger charge is -2.33. The molecule has 0 radical (unpaired) electrons. The van der Waals surface area contributed by atoms with Crippen LogP contribution in [0.4, 0.5) is 0 Å². The van der Waals surface area contributed by atoms with Crippen molar-refractivity contribution in [1.29, 1.82) is 10.8 Å². The predicted octanol–water partition coefficient (Wildman–Crippen LogP) is 3.90. The van der Waals surface area contributed by atoms with E-state index in [-0.39, 0.29) is 42.3 Å². The molecule has 0 amide bonds. The van der Waals surface area contributed by atoms with Crippen LogP contribution in [0.25, 0.3) is 0 Å². The van der Waals surface area contributed by atoms with Gasteiger partial charge in [-0.05, 0) is 61.6 Å². The third-order valence-electron chi connectivity index (χ3n) is 5.70. The molecule has 6 N–H and O–H groups in total. The number of hydrogen-bond donors (Lipinski definition) is 5. The van der Waals surface area contributed by atoms with Gasteiger partial charge in [-0.2, -0.15) is 0 Å². The van der Waals surface area contributed by atoms with Crippen molar-refractivity contribution in [2.45, 2.75) is 25.8 Å². The summed E-state index contributed by atoms with van der Waals surface area (Å²) in [4.78, 5) is 13.6. The van der Waals surface area contributed by atoms with Crippen LogP contribution in [0, 0.1) is 16.7 Å². The van der Waals surface area contributed by atoms with Crippen LogP contribution >= 0.6 is 24.8 Å². The number of halogens is 2. The molecule has 32 heavy (non-hydrogen) atoms. The topological polar surface area (TPSA) is 126 Å². The molecule has 2 aromatic rings. The minimum Gasteiger partial charge on any atom is -0.478 e. The summed E-state index contributed by atoms with van der Waals surface area (Å²) in [5, 5.41) is 28.6. The van der Waals surface area contributed by atoms with Gasteiger partial charge in [0.2, 0.25) is 0 Å². The van der Waals surface area contributed by atoms with E-state index in [4.69, 9.17) is 16.6 Å². The zero-order valence-electron chi connectivity index (χ0n) is 18.0. The second kappa shape index (κ2) is 12.4. The molecule has 2 aromatic carbocycles. The normalized spacial score (nSPS) is 14.6. The van der Waals surface area contributed by atoms with E-state index in [9.17, 15) is 9.90 Å². The average molecular weight is 480 g/mol. The number of likely N-dealkylation sites (tertiary alicyclic amines) is 1. The van der Waals surface area contributed by atoms with Crippen molar-refractivity contribution in [3.8, 4) is 0 Å². The van der Waals surface area contributed by atoms with Gasteiger partial charge in [-0.3, -0.25) is 10.8 Å². The molecule has 0 aromatic heterocycles. The van der Waals surface area contributed by atoms with Gasteiger partial charge < -0.3 is 21.1 Å². The van der Waals surface area contributed by atoms with Crippen LogP contribution in [0.15, 0.2) is 48.5 Å². The number of piperidine rings is 1. The summed E-state index contributed by atoms with van der Waals surface area (Å²) < 4.78 is 0. The molecule has 174 valence electrons. The summed E-state index contributed by atoms with van der Waals surface area (Å²) in [6, 6.07) is 14.3. The molecule has 1 atom stereocenters. The van der Waals surface area contributed by atoms with Gasteiger partial charge in [0.05, 0.1) is 17.4 Å². The summed E-state index contributed by atoms with van der Waals surface area (Å²) >= 11 is 0. The van der Waals surface area contributed by atoms with Crippen LogP contribution in [0.2, 0.25) is 0 Å². The van der Waals surface area contributed by atoms with Crippen LogP contribution in [-0.2, 0) is 0 Å². The van der Waals surface area contributed by atoms with Crippen molar-refractivity contribution in [2.75, 3.05) is 19.6 Å². The van der Waals surface area contributed by atoms with Crippen molar-refractivity contribution in [1.82, 2.24) is 10.2 Å². The van der Waals surface area contributed by atoms with Crippen molar-refractivity contribution < 1.29 is 9.90 Å². The van der Waals surface area contributed by atoms with Gasteiger partial charge in [0, 0.05) is 18.7 Å². The summed E-state index contributed by atoms with van der Waals surface area (Å²) in [5.74, 6) is 0.152.